The third-order valence-corrected chi connectivity index (χ3v) is 4.44. The van der Waals surface area contributed by atoms with Crippen LogP contribution >= 0.6 is 0 Å². The topological polar surface area (TPSA) is 71.0 Å². The van der Waals surface area contributed by atoms with Crippen molar-refractivity contribution in [3.63, 3.8) is 0 Å². The lowest BCUT2D eigenvalue weighted by molar-refractivity contribution is 0.102. The maximum Gasteiger partial charge on any atom is 0.257 e. The zero-order chi connectivity index (χ0) is 17.8. The number of pyridine rings is 1. The van der Waals surface area contributed by atoms with Crippen molar-refractivity contribution in [2.75, 3.05) is 23.3 Å². The Morgan fingerprint density at radius 3 is 2.42 bits per heavy atom. The highest BCUT2D eigenvalue weighted by atomic mass is 16.1. The molecule has 0 aliphatic carbocycles. The normalized spacial score (nSPS) is 13.6. The fourth-order valence-corrected chi connectivity index (χ4v) is 3.02. The van der Waals surface area contributed by atoms with E-state index in [9.17, 15) is 4.79 Å². The van der Waals surface area contributed by atoms with Crippen LogP contribution in [-0.2, 0) is 0 Å². The van der Waals surface area contributed by atoms with E-state index in [0.717, 1.165) is 35.9 Å². The number of benzene rings is 1. The van der Waals surface area contributed by atoms with Crippen LogP contribution in [0.25, 0.3) is 11.3 Å². The van der Waals surface area contributed by atoms with Crippen LogP contribution in [0.3, 0.4) is 0 Å². The second-order valence-corrected chi connectivity index (χ2v) is 6.24. The predicted octanol–water partition coefficient (Wildman–Crippen LogP) is 3.39. The Morgan fingerprint density at radius 2 is 1.77 bits per heavy atom. The summed E-state index contributed by atoms with van der Waals surface area (Å²) in [6, 6.07) is 15.1. The molecule has 3 aromatic rings. The number of hydrogen-bond acceptors (Lipinski definition) is 5. The smallest absolute Gasteiger partial charge is 0.257 e. The molecule has 1 amide bonds. The maximum absolute atomic E-state index is 12.2. The van der Waals surface area contributed by atoms with Crippen LogP contribution in [0.4, 0.5) is 11.5 Å². The van der Waals surface area contributed by atoms with E-state index in [1.165, 1.54) is 12.8 Å². The van der Waals surface area contributed by atoms with Gasteiger partial charge in [0, 0.05) is 36.7 Å². The molecule has 0 saturated carbocycles. The highest BCUT2D eigenvalue weighted by Gasteiger charge is 2.14. The molecule has 4 rings (SSSR count). The van der Waals surface area contributed by atoms with Crippen LogP contribution in [-0.4, -0.2) is 34.2 Å². The zero-order valence-corrected chi connectivity index (χ0v) is 14.3. The molecule has 1 fully saturated rings. The summed E-state index contributed by atoms with van der Waals surface area (Å²) < 4.78 is 0. The molecular formula is C20H19N5O. The Balaban J connectivity index is 1.45. The van der Waals surface area contributed by atoms with E-state index in [4.69, 9.17) is 0 Å². The van der Waals surface area contributed by atoms with Gasteiger partial charge in [-0.25, -0.2) is 0 Å². The molecule has 1 N–H and O–H groups in total. The Bertz CT molecular complexity index is 872. The van der Waals surface area contributed by atoms with Gasteiger partial charge in [-0.05, 0) is 49.2 Å². The number of nitrogens with zero attached hydrogens (tertiary/aromatic N) is 4. The van der Waals surface area contributed by atoms with E-state index in [1.54, 1.807) is 24.5 Å². The Morgan fingerprint density at radius 1 is 0.962 bits per heavy atom. The second kappa shape index (κ2) is 7.31. The van der Waals surface area contributed by atoms with Crippen LogP contribution < -0.4 is 10.2 Å². The van der Waals surface area contributed by atoms with E-state index in [0.29, 0.717) is 5.56 Å². The number of carbonyl (C=O) groups is 1. The summed E-state index contributed by atoms with van der Waals surface area (Å²) >= 11 is 0. The summed E-state index contributed by atoms with van der Waals surface area (Å²) in [5, 5.41) is 11.6. The molecule has 3 heterocycles. The fraction of sp³-hybridized carbons (Fsp3) is 0.200. The number of carbonyl (C=O) groups excluding carboxylic acids is 1. The summed E-state index contributed by atoms with van der Waals surface area (Å²) in [6.07, 6.45) is 5.62. The van der Waals surface area contributed by atoms with Crippen molar-refractivity contribution in [1.29, 1.82) is 0 Å². The average Bonchev–Trinajstić information content (AvgIpc) is 3.24. The van der Waals surface area contributed by atoms with Crippen LogP contribution in [0.5, 0.6) is 0 Å². The summed E-state index contributed by atoms with van der Waals surface area (Å²) in [4.78, 5) is 18.4. The first-order valence-corrected chi connectivity index (χ1v) is 8.70. The Kier molecular flexibility index (Phi) is 4.55. The molecule has 1 aliphatic heterocycles. The number of hydrogen-bond donors (Lipinski definition) is 1. The highest BCUT2D eigenvalue weighted by Crippen LogP contribution is 2.22. The van der Waals surface area contributed by atoms with E-state index in [-0.39, 0.29) is 5.91 Å². The maximum atomic E-state index is 12.2. The van der Waals surface area contributed by atoms with Crippen LogP contribution in [0.15, 0.2) is 60.9 Å². The van der Waals surface area contributed by atoms with Gasteiger partial charge in [-0.2, -0.15) is 0 Å². The van der Waals surface area contributed by atoms with Gasteiger partial charge in [0.25, 0.3) is 5.91 Å². The molecule has 6 heteroatoms. The minimum Gasteiger partial charge on any atom is -0.355 e. The van der Waals surface area contributed by atoms with E-state index in [1.807, 2.05) is 36.4 Å². The monoisotopic (exact) mass is 345 g/mol. The Hall–Kier alpha value is -3.28. The first-order valence-electron chi connectivity index (χ1n) is 8.70. The third kappa shape index (κ3) is 3.54. The molecule has 0 bridgehead atoms. The number of rotatable bonds is 4. The average molecular weight is 345 g/mol. The van der Waals surface area contributed by atoms with Gasteiger partial charge < -0.3 is 10.2 Å². The lowest BCUT2D eigenvalue weighted by Gasteiger charge is -2.15. The van der Waals surface area contributed by atoms with Gasteiger partial charge in [0.1, 0.15) is 0 Å². The molecule has 0 atom stereocenters. The molecule has 6 nitrogen and oxygen atoms in total. The first-order chi connectivity index (χ1) is 12.8. The highest BCUT2D eigenvalue weighted by molar-refractivity contribution is 6.04. The van der Waals surface area contributed by atoms with Crippen molar-refractivity contribution >= 4 is 17.4 Å². The fourth-order valence-electron chi connectivity index (χ4n) is 3.02. The molecular weight excluding hydrogens is 326 g/mol. The standard InChI is InChI=1S/C20H19N5O/c26-20(16-4-3-11-21-14-16)22-17-7-5-15(6-8-17)18-9-10-19(24-23-18)25-12-1-2-13-25/h3-11,14H,1-2,12-13H2,(H,22,26). The zero-order valence-electron chi connectivity index (χ0n) is 14.3. The van der Waals surface area contributed by atoms with Gasteiger partial charge >= 0.3 is 0 Å². The Labute approximate surface area is 151 Å². The van der Waals surface area contributed by atoms with Crippen molar-refractivity contribution in [2.45, 2.75) is 12.8 Å². The number of anilines is 2. The summed E-state index contributed by atoms with van der Waals surface area (Å²) in [5.41, 5.74) is 3.03. The van der Waals surface area contributed by atoms with Crippen molar-refractivity contribution in [3.05, 3.63) is 66.5 Å². The van der Waals surface area contributed by atoms with Gasteiger partial charge in [-0.15, -0.1) is 10.2 Å². The molecule has 1 saturated heterocycles. The molecule has 130 valence electrons. The lowest BCUT2D eigenvalue weighted by Crippen LogP contribution is -2.19. The largest absolute Gasteiger partial charge is 0.355 e. The van der Waals surface area contributed by atoms with Crippen molar-refractivity contribution in [2.24, 2.45) is 0 Å². The van der Waals surface area contributed by atoms with Gasteiger partial charge in [-0.3, -0.25) is 9.78 Å². The molecule has 0 unspecified atom stereocenters. The van der Waals surface area contributed by atoms with Crippen LogP contribution in [0.1, 0.15) is 23.2 Å². The van der Waals surface area contributed by atoms with Gasteiger partial charge in [0.2, 0.25) is 0 Å². The minimum absolute atomic E-state index is 0.180. The SMILES string of the molecule is O=C(Nc1ccc(-c2ccc(N3CCCC3)nn2)cc1)c1cccnc1. The lowest BCUT2D eigenvalue weighted by atomic mass is 10.1. The number of aromatic nitrogens is 3. The third-order valence-electron chi connectivity index (χ3n) is 4.44. The number of amides is 1. The minimum atomic E-state index is -0.180. The van der Waals surface area contributed by atoms with Crippen molar-refractivity contribution in [3.8, 4) is 11.3 Å². The van der Waals surface area contributed by atoms with Crippen molar-refractivity contribution < 1.29 is 4.79 Å². The molecule has 26 heavy (non-hydrogen) atoms. The van der Waals surface area contributed by atoms with Gasteiger partial charge in [-0.1, -0.05) is 12.1 Å². The molecule has 1 aliphatic rings. The predicted molar refractivity (Wildman–Crippen MR) is 101 cm³/mol. The molecule has 2 aromatic heterocycles. The molecule has 0 spiro atoms. The van der Waals surface area contributed by atoms with Crippen LogP contribution in [0.2, 0.25) is 0 Å². The molecule has 0 radical (unpaired) electrons. The summed E-state index contributed by atoms with van der Waals surface area (Å²) in [5.74, 6) is 0.757. The second-order valence-electron chi connectivity index (χ2n) is 6.24. The van der Waals surface area contributed by atoms with E-state index < -0.39 is 0 Å². The van der Waals surface area contributed by atoms with Crippen molar-refractivity contribution in [1.82, 2.24) is 15.2 Å². The van der Waals surface area contributed by atoms with E-state index in [2.05, 4.69) is 25.4 Å². The van der Waals surface area contributed by atoms with Gasteiger partial charge in [0.05, 0.1) is 11.3 Å². The number of nitrogens with one attached hydrogen (secondary N) is 1. The van der Waals surface area contributed by atoms with E-state index >= 15 is 0 Å². The first kappa shape index (κ1) is 16.2. The van der Waals surface area contributed by atoms with Crippen LogP contribution in [0, 0.1) is 0 Å². The summed E-state index contributed by atoms with van der Waals surface area (Å²) in [6.45, 7) is 2.11. The van der Waals surface area contributed by atoms with Gasteiger partial charge in [0.15, 0.2) is 5.82 Å². The quantitative estimate of drug-likeness (QED) is 0.785. The summed E-state index contributed by atoms with van der Waals surface area (Å²) in [7, 11) is 0. The molecule has 1 aromatic carbocycles.